The van der Waals surface area contributed by atoms with Gasteiger partial charge in [0.15, 0.2) is 5.78 Å². The molecule has 1 amide bonds. The molecule has 1 aromatic carbocycles. The van der Waals surface area contributed by atoms with Crippen molar-refractivity contribution in [1.29, 1.82) is 0 Å². The molecule has 1 aliphatic rings. The van der Waals surface area contributed by atoms with Crippen LogP contribution in [0.3, 0.4) is 0 Å². The molecule has 0 aromatic heterocycles. The van der Waals surface area contributed by atoms with Gasteiger partial charge < -0.3 is 11.1 Å². The Morgan fingerprint density at radius 1 is 1.32 bits per heavy atom. The van der Waals surface area contributed by atoms with Crippen LogP contribution in [0.15, 0.2) is 24.3 Å². The summed E-state index contributed by atoms with van der Waals surface area (Å²) in [5.41, 5.74) is 6.97. The van der Waals surface area contributed by atoms with Gasteiger partial charge in [-0.2, -0.15) is 0 Å². The lowest BCUT2D eigenvalue weighted by Gasteiger charge is -2.33. The minimum atomic E-state index is -0.729. The molecule has 1 aromatic rings. The lowest BCUT2D eigenvalue weighted by atomic mass is 9.82. The second-order valence-corrected chi connectivity index (χ2v) is 5.67. The third-order valence-corrected chi connectivity index (χ3v) is 3.64. The lowest BCUT2D eigenvalue weighted by Crippen LogP contribution is -2.57. The fraction of sp³-hybridized carbons (Fsp3) is 0.467. The minimum Gasteiger partial charge on any atom is -0.344 e. The molecule has 2 rings (SSSR count). The number of rotatable bonds is 3. The Hall–Kier alpha value is -1.68. The third-order valence-electron chi connectivity index (χ3n) is 3.64. The van der Waals surface area contributed by atoms with Gasteiger partial charge in [-0.1, -0.05) is 24.3 Å². The van der Waals surface area contributed by atoms with Crippen molar-refractivity contribution < 1.29 is 9.59 Å². The van der Waals surface area contributed by atoms with Gasteiger partial charge in [-0.05, 0) is 31.4 Å². The Kier molecular flexibility index (Phi) is 3.71. The molecule has 102 valence electrons. The van der Waals surface area contributed by atoms with Crippen LogP contribution in [0.5, 0.6) is 0 Å². The zero-order valence-corrected chi connectivity index (χ0v) is 11.4. The first-order chi connectivity index (χ1) is 8.92. The van der Waals surface area contributed by atoms with Crippen molar-refractivity contribution >= 4 is 11.7 Å². The number of ketones is 1. The van der Waals surface area contributed by atoms with Crippen molar-refractivity contribution in [2.45, 2.75) is 38.8 Å². The highest BCUT2D eigenvalue weighted by atomic mass is 16.2. The second kappa shape index (κ2) is 5.13. The summed E-state index contributed by atoms with van der Waals surface area (Å²) in [6, 6.07) is 7.86. The molecule has 1 atom stereocenters. The number of hydrogen-bond acceptors (Lipinski definition) is 3. The molecule has 1 aliphatic heterocycles. The first-order valence-corrected chi connectivity index (χ1v) is 6.55. The summed E-state index contributed by atoms with van der Waals surface area (Å²) in [6.07, 6.45) is 0.896. The number of nitrogens with one attached hydrogen (secondary N) is 1. The van der Waals surface area contributed by atoms with Gasteiger partial charge in [0, 0.05) is 18.9 Å². The van der Waals surface area contributed by atoms with Gasteiger partial charge in [0.1, 0.15) is 0 Å². The van der Waals surface area contributed by atoms with Crippen LogP contribution < -0.4 is 11.1 Å². The van der Waals surface area contributed by atoms with Crippen molar-refractivity contribution in [1.82, 2.24) is 5.32 Å². The molecule has 1 heterocycles. The van der Waals surface area contributed by atoms with E-state index in [0.29, 0.717) is 19.4 Å². The fourth-order valence-corrected chi connectivity index (χ4v) is 2.38. The van der Waals surface area contributed by atoms with E-state index in [9.17, 15) is 9.59 Å². The quantitative estimate of drug-likeness (QED) is 0.857. The summed E-state index contributed by atoms with van der Waals surface area (Å²) >= 11 is 0. The van der Waals surface area contributed by atoms with Crippen LogP contribution in [0.25, 0.3) is 0 Å². The largest absolute Gasteiger partial charge is 0.344 e. The SMILES string of the molecule is CC1(C)NC(=O)[C@H](Cc2cccc(CN)c2)CC1=O. The second-order valence-electron chi connectivity index (χ2n) is 5.67. The summed E-state index contributed by atoms with van der Waals surface area (Å²) in [5, 5.41) is 2.79. The van der Waals surface area contributed by atoms with Gasteiger partial charge in [0.2, 0.25) is 5.91 Å². The molecule has 1 saturated heterocycles. The minimum absolute atomic E-state index is 0.0391. The molecule has 0 spiro atoms. The van der Waals surface area contributed by atoms with Crippen molar-refractivity contribution in [3.8, 4) is 0 Å². The van der Waals surface area contributed by atoms with E-state index < -0.39 is 5.54 Å². The number of amides is 1. The highest BCUT2D eigenvalue weighted by Gasteiger charge is 2.39. The number of piperidine rings is 1. The number of benzene rings is 1. The van der Waals surface area contributed by atoms with Crippen molar-refractivity contribution in [2.75, 3.05) is 0 Å². The molecule has 1 fully saturated rings. The monoisotopic (exact) mass is 260 g/mol. The lowest BCUT2D eigenvalue weighted by molar-refractivity contribution is -0.140. The summed E-state index contributed by atoms with van der Waals surface area (Å²) in [4.78, 5) is 24.0. The molecule has 0 aliphatic carbocycles. The van der Waals surface area contributed by atoms with E-state index in [1.165, 1.54) is 0 Å². The molecular formula is C15H20N2O2. The summed E-state index contributed by atoms with van der Waals surface area (Å²) in [7, 11) is 0. The summed E-state index contributed by atoms with van der Waals surface area (Å²) < 4.78 is 0. The zero-order valence-electron chi connectivity index (χ0n) is 11.4. The molecule has 4 nitrogen and oxygen atoms in total. The summed E-state index contributed by atoms with van der Waals surface area (Å²) in [6.45, 7) is 3.98. The van der Waals surface area contributed by atoms with E-state index >= 15 is 0 Å². The van der Waals surface area contributed by atoms with Crippen molar-refractivity contribution in [3.05, 3.63) is 35.4 Å². The topological polar surface area (TPSA) is 72.2 Å². The standard InChI is InChI=1S/C15H20N2O2/c1-15(2)13(18)8-12(14(19)17-15)7-10-4-3-5-11(6-10)9-16/h3-6,12H,7-9,16H2,1-2H3,(H,17,19)/t12-/m1/s1. The molecule has 0 saturated carbocycles. The Labute approximate surface area is 113 Å². The average molecular weight is 260 g/mol. The number of hydrogen-bond donors (Lipinski definition) is 2. The Morgan fingerprint density at radius 3 is 2.68 bits per heavy atom. The number of Topliss-reactive ketones (excluding diaryl/α,β-unsaturated/α-hetero) is 1. The molecule has 0 radical (unpaired) electrons. The van der Waals surface area contributed by atoms with Crippen LogP contribution in [0.4, 0.5) is 0 Å². The zero-order chi connectivity index (χ0) is 14.0. The smallest absolute Gasteiger partial charge is 0.224 e. The van der Waals surface area contributed by atoms with E-state index in [1.54, 1.807) is 13.8 Å². The maximum atomic E-state index is 12.0. The van der Waals surface area contributed by atoms with Crippen LogP contribution >= 0.6 is 0 Å². The van der Waals surface area contributed by atoms with Crippen LogP contribution in [-0.4, -0.2) is 17.2 Å². The van der Waals surface area contributed by atoms with E-state index in [4.69, 9.17) is 5.73 Å². The highest BCUT2D eigenvalue weighted by molar-refractivity contribution is 5.99. The van der Waals surface area contributed by atoms with Crippen molar-refractivity contribution in [2.24, 2.45) is 11.7 Å². The first kappa shape index (κ1) is 13.7. The van der Waals surface area contributed by atoms with Crippen LogP contribution in [-0.2, 0) is 22.6 Å². The predicted octanol–water partition coefficient (Wildman–Crippen LogP) is 1.17. The molecule has 4 heteroatoms. The van der Waals surface area contributed by atoms with Gasteiger partial charge in [0.25, 0.3) is 0 Å². The van der Waals surface area contributed by atoms with Gasteiger partial charge in [-0.15, -0.1) is 0 Å². The number of carbonyl (C=O) groups excluding carboxylic acids is 2. The van der Waals surface area contributed by atoms with E-state index in [1.807, 2.05) is 24.3 Å². The normalized spacial score (nSPS) is 22.2. The van der Waals surface area contributed by atoms with Crippen LogP contribution in [0.2, 0.25) is 0 Å². The fourth-order valence-electron chi connectivity index (χ4n) is 2.38. The highest BCUT2D eigenvalue weighted by Crippen LogP contribution is 2.23. The predicted molar refractivity (Wildman–Crippen MR) is 73.4 cm³/mol. The van der Waals surface area contributed by atoms with E-state index in [-0.39, 0.29) is 17.6 Å². The van der Waals surface area contributed by atoms with Gasteiger partial charge in [-0.3, -0.25) is 9.59 Å². The first-order valence-electron chi connectivity index (χ1n) is 6.55. The maximum absolute atomic E-state index is 12.0. The summed E-state index contributed by atoms with van der Waals surface area (Å²) in [5.74, 6) is -0.219. The van der Waals surface area contributed by atoms with Gasteiger partial charge >= 0.3 is 0 Å². The molecular weight excluding hydrogens is 240 g/mol. The number of carbonyl (C=O) groups is 2. The van der Waals surface area contributed by atoms with Crippen molar-refractivity contribution in [3.63, 3.8) is 0 Å². The Bertz CT molecular complexity index is 509. The van der Waals surface area contributed by atoms with E-state index in [2.05, 4.69) is 5.32 Å². The van der Waals surface area contributed by atoms with Crippen LogP contribution in [0.1, 0.15) is 31.4 Å². The molecule has 0 bridgehead atoms. The maximum Gasteiger partial charge on any atom is 0.224 e. The Balaban J connectivity index is 2.11. The van der Waals surface area contributed by atoms with Gasteiger partial charge in [-0.25, -0.2) is 0 Å². The molecule has 19 heavy (non-hydrogen) atoms. The molecule has 3 N–H and O–H groups in total. The average Bonchev–Trinajstić information content (AvgIpc) is 2.36. The van der Waals surface area contributed by atoms with Gasteiger partial charge in [0.05, 0.1) is 5.54 Å². The third kappa shape index (κ3) is 3.01. The number of nitrogens with two attached hydrogens (primary N) is 1. The van der Waals surface area contributed by atoms with E-state index in [0.717, 1.165) is 11.1 Å². The molecule has 0 unspecified atom stereocenters. The van der Waals surface area contributed by atoms with Crippen LogP contribution in [0, 0.1) is 5.92 Å². The Morgan fingerprint density at radius 2 is 2.00 bits per heavy atom.